The average molecular weight is 536 g/mol. The van der Waals surface area contributed by atoms with Gasteiger partial charge in [-0.2, -0.15) is 4.98 Å². The fourth-order valence-electron chi connectivity index (χ4n) is 5.79. The van der Waals surface area contributed by atoms with Crippen LogP contribution in [0.15, 0.2) is 77.3 Å². The zero-order valence-electron chi connectivity index (χ0n) is 23.2. The zero-order chi connectivity index (χ0) is 27.3. The predicted molar refractivity (Wildman–Crippen MR) is 155 cm³/mol. The van der Waals surface area contributed by atoms with E-state index >= 15 is 0 Å². The third-order valence-electron chi connectivity index (χ3n) is 8.12. The number of piperidine rings is 1. The number of nitrogens with one attached hydrogen (secondary N) is 1. The van der Waals surface area contributed by atoms with Crippen molar-refractivity contribution in [1.82, 2.24) is 25.3 Å². The second kappa shape index (κ2) is 12.1. The Balaban J connectivity index is 0.966. The molecule has 40 heavy (non-hydrogen) atoms. The highest BCUT2D eigenvalue weighted by molar-refractivity contribution is 5.79. The molecule has 4 aromatic rings. The summed E-state index contributed by atoms with van der Waals surface area (Å²) in [6.07, 6.45) is 2.99. The normalized spacial score (nSPS) is 17.9. The van der Waals surface area contributed by atoms with Crippen molar-refractivity contribution in [3.63, 3.8) is 0 Å². The van der Waals surface area contributed by atoms with Crippen LogP contribution in [0.5, 0.6) is 0 Å². The minimum Gasteiger partial charge on any atom is -0.352 e. The van der Waals surface area contributed by atoms with Gasteiger partial charge in [-0.1, -0.05) is 83.5 Å². The van der Waals surface area contributed by atoms with Crippen molar-refractivity contribution >= 4 is 5.91 Å². The SMILES string of the molecule is Cc1ccc(-c2noc(CN3CCCC(C(=O)NCc4ccc(CN5CCc6ccccc6C5)cc4)C3)n2)cc1. The number of carbonyl (C=O) groups excluding carboxylic acids is 1. The van der Waals surface area contributed by atoms with Crippen molar-refractivity contribution in [2.24, 2.45) is 5.92 Å². The highest BCUT2D eigenvalue weighted by Crippen LogP contribution is 2.22. The summed E-state index contributed by atoms with van der Waals surface area (Å²) in [6, 6.07) is 25.5. The molecule has 1 aromatic heterocycles. The topological polar surface area (TPSA) is 74.5 Å². The van der Waals surface area contributed by atoms with Crippen LogP contribution < -0.4 is 5.32 Å². The van der Waals surface area contributed by atoms with Gasteiger partial charge in [0.2, 0.25) is 17.6 Å². The van der Waals surface area contributed by atoms with Gasteiger partial charge in [0.25, 0.3) is 0 Å². The van der Waals surface area contributed by atoms with E-state index in [-0.39, 0.29) is 11.8 Å². The molecular formula is C33H37N5O2. The highest BCUT2D eigenvalue weighted by atomic mass is 16.5. The first-order chi connectivity index (χ1) is 19.6. The Morgan fingerprint density at radius 1 is 0.925 bits per heavy atom. The average Bonchev–Trinajstić information content (AvgIpc) is 3.45. The second-order valence-corrected chi connectivity index (χ2v) is 11.2. The molecule has 2 aliphatic heterocycles. The number of likely N-dealkylation sites (tertiary alicyclic amines) is 1. The lowest BCUT2D eigenvalue weighted by atomic mass is 9.97. The molecule has 1 fully saturated rings. The summed E-state index contributed by atoms with van der Waals surface area (Å²) in [5, 5.41) is 7.32. The molecule has 7 nitrogen and oxygen atoms in total. The molecule has 0 aliphatic carbocycles. The molecule has 6 rings (SSSR count). The lowest BCUT2D eigenvalue weighted by Crippen LogP contribution is -2.42. The second-order valence-electron chi connectivity index (χ2n) is 11.2. The van der Waals surface area contributed by atoms with Crippen molar-refractivity contribution in [2.75, 3.05) is 19.6 Å². The first kappa shape index (κ1) is 26.4. The summed E-state index contributed by atoms with van der Waals surface area (Å²) in [7, 11) is 0. The number of carbonyl (C=O) groups is 1. The Hall–Kier alpha value is -3.81. The van der Waals surface area contributed by atoms with E-state index in [0.717, 1.165) is 56.6 Å². The van der Waals surface area contributed by atoms with Gasteiger partial charge in [0, 0.05) is 38.3 Å². The Bertz CT molecular complexity index is 1430. The Morgan fingerprint density at radius 2 is 1.70 bits per heavy atom. The van der Waals surface area contributed by atoms with E-state index in [0.29, 0.717) is 31.3 Å². The van der Waals surface area contributed by atoms with E-state index in [9.17, 15) is 4.79 Å². The molecule has 7 heteroatoms. The lowest BCUT2D eigenvalue weighted by molar-refractivity contribution is -0.127. The maximum atomic E-state index is 13.0. The summed E-state index contributed by atoms with van der Waals surface area (Å²) in [5.74, 6) is 1.28. The van der Waals surface area contributed by atoms with Crippen LogP contribution in [0.3, 0.4) is 0 Å². The van der Waals surface area contributed by atoms with Crippen LogP contribution >= 0.6 is 0 Å². The van der Waals surface area contributed by atoms with Crippen molar-refractivity contribution in [1.29, 1.82) is 0 Å². The molecule has 1 unspecified atom stereocenters. The first-order valence-electron chi connectivity index (χ1n) is 14.4. The highest BCUT2D eigenvalue weighted by Gasteiger charge is 2.27. The monoisotopic (exact) mass is 535 g/mol. The van der Waals surface area contributed by atoms with Gasteiger partial charge in [-0.15, -0.1) is 0 Å². The van der Waals surface area contributed by atoms with Gasteiger partial charge in [0.1, 0.15) is 0 Å². The number of fused-ring (bicyclic) bond motifs is 1. The van der Waals surface area contributed by atoms with Crippen molar-refractivity contribution in [2.45, 2.75) is 52.4 Å². The molecule has 3 aromatic carbocycles. The molecule has 206 valence electrons. The van der Waals surface area contributed by atoms with E-state index < -0.39 is 0 Å². The molecular weight excluding hydrogens is 498 g/mol. The fourth-order valence-corrected chi connectivity index (χ4v) is 5.79. The number of nitrogens with zero attached hydrogens (tertiary/aromatic N) is 4. The number of aryl methyl sites for hydroxylation is 1. The van der Waals surface area contributed by atoms with Gasteiger partial charge in [-0.25, -0.2) is 0 Å². The minimum atomic E-state index is -0.0329. The van der Waals surface area contributed by atoms with Crippen molar-refractivity contribution < 1.29 is 9.32 Å². The van der Waals surface area contributed by atoms with E-state index in [1.54, 1.807) is 0 Å². The van der Waals surface area contributed by atoms with Crippen LogP contribution in [0.2, 0.25) is 0 Å². The van der Waals surface area contributed by atoms with Gasteiger partial charge in [-0.3, -0.25) is 14.6 Å². The van der Waals surface area contributed by atoms with Crippen molar-refractivity contribution in [3.05, 3.63) is 107 Å². The molecule has 1 N–H and O–H groups in total. The van der Waals surface area contributed by atoms with Crippen LogP contribution in [-0.4, -0.2) is 45.5 Å². The van der Waals surface area contributed by atoms with Crippen LogP contribution in [0.4, 0.5) is 0 Å². The van der Waals surface area contributed by atoms with Crippen LogP contribution in [0.1, 0.15) is 46.5 Å². The molecule has 1 saturated heterocycles. The maximum Gasteiger partial charge on any atom is 0.241 e. The molecule has 0 bridgehead atoms. The summed E-state index contributed by atoms with van der Waals surface area (Å²) in [5.41, 5.74) is 7.50. The summed E-state index contributed by atoms with van der Waals surface area (Å²) in [4.78, 5) is 22.4. The first-order valence-corrected chi connectivity index (χ1v) is 14.4. The third-order valence-corrected chi connectivity index (χ3v) is 8.12. The van der Waals surface area contributed by atoms with Gasteiger partial charge in [0.15, 0.2) is 0 Å². The minimum absolute atomic E-state index is 0.0329. The van der Waals surface area contributed by atoms with Gasteiger partial charge in [-0.05, 0) is 55.0 Å². The number of rotatable bonds is 8. The van der Waals surface area contributed by atoms with Gasteiger partial charge < -0.3 is 9.84 Å². The maximum absolute atomic E-state index is 13.0. The van der Waals surface area contributed by atoms with Crippen LogP contribution in [0.25, 0.3) is 11.4 Å². The van der Waals surface area contributed by atoms with Crippen LogP contribution in [0, 0.1) is 12.8 Å². The summed E-state index contributed by atoms with van der Waals surface area (Å²) in [6.45, 7) is 7.84. The standard InChI is InChI=1S/C33H37N5O2/c1-24-8-14-28(15-9-24)32-35-31(40-36-32)23-37-17-4-7-30(22-37)33(39)34-19-25-10-12-26(13-11-25)20-38-18-16-27-5-2-3-6-29(27)21-38/h2-3,5-6,8-15,30H,4,7,16-23H2,1H3,(H,34,39). The molecule has 2 aliphatic rings. The summed E-state index contributed by atoms with van der Waals surface area (Å²) >= 11 is 0. The molecule has 0 saturated carbocycles. The summed E-state index contributed by atoms with van der Waals surface area (Å²) < 4.78 is 5.52. The largest absolute Gasteiger partial charge is 0.352 e. The molecule has 1 amide bonds. The van der Waals surface area contributed by atoms with Gasteiger partial charge >= 0.3 is 0 Å². The van der Waals surface area contributed by atoms with E-state index in [4.69, 9.17) is 4.52 Å². The number of aromatic nitrogens is 2. The predicted octanol–water partition coefficient (Wildman–Crippen LogP) is 5.13. The van der Waals surface area contributed by atoms with Crippen molar-refractivity contribution in [3.8, 4) is 11.4 Å². The number of amides is 1. The van der Waals surface area contributed by atoms with Gasteiger partial charge in [0.05, 0.1) is 12.5 Å². The molecule has 0 spiro atoms. The van der Waals surface area contributed by atoms with E-state index in [2.05, 4.69) is 80.7 Å². The number of hydrogen-bond acceptors (Lipinski definition) is 6. The number of hydrogen-bond donors (Lipinski definition) is 1. The zero-order valence-corrected chi connectivity index (χ0v) is 23.2. The molecule has 1 atom stereocenters. The molecule has 3 heterocycles. The Kier molecular flexibility index (Phi) is 8.02. The quantitative estimate of drug-likeness (QED) is 0.337. The smallest absolute Gasteiger partial charge is 0.241 e. The van der Waals surface area contributed by atoms with Crippen LogP contribution in [-0.2, 0) is 37.4 Å². The number of benzene rings is 3. The Labute approximate surface area is 236 Å². The van der Waals surface area contributed by atoms with E-state index in [1.807, 2.05) is 24.3 Å². The molecule has 0 radical (unpaired) electrons. The lowest BCUT2D eigenvalue weighted by Gasteiger charge is -2.30. The third kappa shape index (κ3) is 6.49. The Morgan fingerprint density at radius 3 is 2.52 bits per heavy atom. The van der Waals surface area contributed by atoms with E-state index in [1.165, 1.54) is 22.3 Å². The fraction of sp³-hybridized carbons (Fsp3) is 0.364.